The van der Waals surface area contributed by atoms with Gasteiger partial charge in [0.25, 0.3) is 5.56 Å². The molecular weight excluding hydrogens is 448 g/mol. The summed E-state index contributed by atoms with van der Waals surface area (Å²) in [4.78, 5) is 31.5. The van der Waals surface area contributed by atoms with Gasteiger partial charge in [0.2, 0.25) is 0 Å². The molecule has 1 aromatic carbocycles. The number of hydrogen-bond acceptors (Lipinski definition) is 6. The van der Waals surface area contributed by atoms with E-state index in [1.807, 2.05) is 42.9 Å². The van der Waals surface area contributed by atoms with Crippen molar-refractivity contribution in [2.75, 3.05) is 6.61 Å². The van der Waals surface area contributed by atoms with Crippen LogP contribution >= 0.6 is 22.9 Å². The summed E-state index contributed by atoms with van der Waals surface area (Å²) in [6, 6.07) is 6.47. The highest BCUT2D eigenvalue weighted by Gasteiger charge is 2.33. The molecule has 0 unspecified atom stereocenters. The molecule has 32 heavy (non-hydrogen) atoms. The smallest absolute Gasteiger partial charge is 0.338 e. The molecule has 1 atom stereocenters. The number of aromatic nitrogens is 3. The number of carbonyl (C=O) groups excluding carboxylic acids is 1. The minimum Gasteiger partial charge on any atom is -0.463 e. The van der Waals surface area contributed by atoms with E-state index in [1.54, 1.807) is 30.5 Å². The van der Waals surface area contributed by atoms with Crippen LogP contribution in [0.5, 0.6) is 0 Å². The summed E-state index contributed by atoms with van der Waals surface area (Å²) in [5.41, 5.74) is 3.15. The third kappa shape index (κ3) is 3.96. The van der Waals surface area contributed by atoms with E-state index in [0.717, 1.165) is 23.4 Å². The van der Waals surface area contributed by atoms with E-state index in [-0.39, 0.29) is 12.2 Å². The van der Waals surface area contributed by atoms with Crippen molar-refractivity contribution in [2.45, 2.75) is 40.3 Å². The van der Waals surface area contributed by atoms with Crippen molar-refractivity contribution in [3.8, 4) is 0 Å². The molecule has 0 radical (unpaired) electrons. The van der Waals surface area contributed by atoms with Crippen LogP contribution < -0.4 is 14.9 Å². The SMILES string of the molecule is CCOC(=O)C1=C(C)N=c2s/c(=C/c3cn(CC)nc3C)c(=O)n2[C@H]1c1ccc(Cl)cc1. The number of allylic oxidation sites excluding steroid dienone is 1. The average Bonchev–Trinajstić information content (AvgIpc) is 3.27. The fourth-order valence-electron chi connectivity index (χ4n) is 3.73. The van der Waals surface area contributed by atoms with Gasteiger partial charge in [-0.25, -0.2) is 9.79 Å². The zero-order valence-electron chi connectivity index (χ0n) is 18.3. The normalized spacial score (nSPS) is 16.2. The Labute approximate surface area is 193 Å². The second kappa shape index (κ2) is 8.88. The van der Waals surface area contributed by atoms with Gasteiger partial charge in [-0.2, -0.15) is 5.10 Å². The predicted octanol–water partition coefficient (Wildman–Crippen LogP) is 2.98. The number of aryl methyl sites for hydroxylation is 2. The van der Waals surface area contributed by atoms with Crippen molar-refractivity contribution in [2.24, 2.45) is 4.99 Å². The first-order chi connectivity index (χ1) is 15.3. The molecule has 0 fully saturated rings. The van der Waals surface area contributed by atoms with Crippen molar-refractivity contribution in [3.63, 3.8) is 0 Å². The Bertz CT molecular complexity index is 1400. The number of halogens is 1. The minimum atomic E-state index is -0.649. The minimum absolute atomic E-state index is 0.216. The Morgan fingerprint density at radius 3 is 2.59 bits per heavy atom. The van der Waals surface area contributed by atoms with Gasteiger partial charge in [0.1, 0.15) is 0 Å². The molecule has 3 heterocycles. The molecule has 0 aliphatic carbocycles. The first-order valence-corrected chi connectivity index (χ1v) is 11.5. The third-order valence-electron chi connectivity index (χ3n) is 5.30. The molecule has 0 saturated carbocycles. The van der Waals surface area contributed by atoms with E-state index >= 15 is 0 Å². The molecule has 0 saturated heterocycles. The Kier molecular flexibility index (Phi) is 6.17. The number of esters is 1. The van der Waals surface area contributed by atoms with Crippen molar-refractivity contribution in [3.05, 3.63) is 83.3 Å². The summed E-state index contributed by atoms with van der Waals surface area (Å²) in [5, 5.41) is 5.02. The van der Waals surface area contributed by atoms with Crippen LogP contribution in [-0.4, -0.2) is 26.9 Å². The maximum Gasteiger partial charge on any atom is 0.338 e. The molecule has 0 N–H and O–H groups in total. The van der Waals surface area contributed by atoms with Gasteiger partial charge >= 0.3 is 5.97 Å². The molecule has 166 valence electrons. The molecule has 1 aliphatic heterocycles. The van der Waals surface area contributed by atoms with Crippen LogP contribution in [0.3, 0.4) is 0 Å². The average molecular weight is 471 g/mol. The second-order valence-corrected chi connectivity index (χ2v) is 8.82. The van der Waals surface area contributed by atoms with Crippen LogP contribution in [0.4, 0.5) is 0 Å². The van der Waals surface area contributed by atoms with Gasteiger partial charge in [0.05, 0.1) is 34.1 Å². The van der Waals surface area contributed by atoms with Crippen molar-refractivity contribution in [1.82, 2.24) is 14.3 Å². The fourth-order valence-corrected chi connectivity index (χ4v) is 4.89. The molecule has 9 heteroatoms. The van der Waals surface area contributed by atoms with E-state index < -0.39 is 12.0 Å². The molecule has 2 aromatic heterocycles. The number of nitrogens with zero attached hydrogens (tertiary/aromatic N) is 4. The largest absolute Gasteiger partial charge is 0.463 e. The van der Waals surface area contributed by atoms with Crippen LogP contribution in [-0.2, 0) is 16.1 Å². The van der Waals surface area contributed by atoms with Crippen molar-refractivity contribution in [1.29, 1.82) is 0 Å². The number of carbonyl (C=O) groups is 1. The molecule has 0 spiro atoms. The van der Waals surface area contributed by atoms with Gasteiger partial charge in [0.15, 0.2) is 4.80 Å². The Hall–Kier alpha value is -2.97. The van der Waals surface area contributed by atoms with E-state index in [2.05, 4.69) is 10.1 Å². The number of rotatable bonds is 5. The number of benzene rings is 1. The molecular formula is C23H23ClN4O3S. The van der Waals surface area contributed by atoms with Gasteiger partial charge < -0.3 is 4.74 Å². The maximum atomic E-state index is 13.5. The van der Waals surface area contributed by atoms with Gasteiger partial charge in [-0.15, -0.1) is 0 Å². The summed E-state index contributed by atoms with van der Waals surface area (Å²) in [6.45, 7) is 8.41. The molecule has 7 nitrogen and oxygen atoms in total. The highest BCUT2D eigenvalue weighted by Crippen LogP contribution is 2.31. The van der Waals surface area contributed by atoms with E-state index in [0.29, 0.717) is 25.6 Å². The Morgan fingerprint density at radius 1 is 1.25 bits per heavy atom. The topological polar surface area (TPSA) is 78.5 Å². The molecule has 1 aliphatic rings. The van der Waals surface area contributed by atoms with Crippen molar-refractivity contribution < 1.29 is 9.53 Å². The molecule has 3 aromatic rings. The van der Waals surface area contributed by atoms with Gasteiger partial charge in [-0.3, -0.25) is 14.0 Å². The summed E-state index contributed by atoms with van der Waals surface area (Å²) in [7, 11) is 0. The number of ether oxygens (including phenoxy) is 1. The van der Waals surface area contributed by atoms with Gasteiger partial charge in [-0.1, -0.05) is 35.1 Å². The van der Waals surface area contributed by atoms with Crippen LogP contribution in [0.25, 0.3) is 6.08 Å². The van der Waals surface area contributed by atoms with Crippen LogP contribution in [0.15, 0.2) is 51.5 Å². The zero-order valence-corrected chi connectivity index (χ0v) is 19.8. The Balaban J connectivity index is 1.95. The highest BCUT2D eigenvalue weighted by atomic mass is 35.5. The molecule has 0 bridgehead atoms. The summed E-state index contributed by atoms with van der Waals surface area (Å²) >= 11 is 7.37. The van der Waals surface area contributed by atoms with E-state index in [9.17, 15) is 9.59 Å². The lowest BCUT2D eigenvalue weighted by molar-refractivity contribution is -0.139. The number of hydrogen-bond donors (Lipinski definition) is 0. The fraction of sp³-hybridized carbons (Fsp3) is 0.304. The van der Waals surface area contributed by atoms with Crippen molar-refractivity contribution >= 4 is 35.0 Å². The van der Waals surface area contributed by atoms with Gasteiger partial charge in [0, 0.05) is 23.3 Å². The van der Waals surface area contributed by atoms with E-state index in [1.165, 1.54) is 11.3 Å². The summed E-state index contributed by atoms with van der Waals surface area (Å²) in [5.74, 6) is -0.483. The standard InChI is InChI=1S/C23H23ClN4O3S/c1-5-27-12-16(13(3)26-27)11-18-21(29)28-20(15-7-9-17(24)10-8-15)19(22(30)31-6-2)14(4)25-23(28)32-18/h7-12,20H,5-6H2,1-4H3/b18-11+/t20-/m0/s1. The zero-order chi connectivity index (χ0) is 23.0. The van der Waals surface area contributed by atoms with Gasteiger partial charge in [-0.05, 0) is 51.5 Å². The Morgan fingerprint density at radius 2 is 1.97 bits per heavy atom. The summed E-state index contributed by atoms with van der Waals surface area (Å²) < 4.78 is 9.23. The third-order valence-corrected chi connectivity index (χ3v) is 6.53. The van der Waals surface area contributed by atoms with E-state index in [4.69, 9.17) is 16.3 Å². The lowest BCUT2D eigenvalue weighted by Crippen LogP contribution is -2.39. The maximum absolute atomic E-state index is 13.5. The number of thiazole rings is 1. The number of fused-ring (bicyclic) bond motifs is 1. The quantitative estimate of drug-likeness (QED) is 0.537. The first-order valence-electron chi connectivity index (χ1n) is 10.3. The highest BCUT2D eigenvalue weighted by molar-refractivity contribution is 7.07. The molecule has 0 amide bonds. The second-order valence-electron chi connectivity index (χ2n) is 7.38. The predicted molar refractivity (Wildman–Crippen MR) is 124 cm³/mol. The van der Waals surface area contributed by atoms with Crippen LogP contribution in [0.1, 0.15) is 43.6 Å². The van der Waals surface area contributed by atoms with Crippen LogP contribution in [0, 0.1) is 6.92 Å². The summed E-state index contributed by atoms with van der Waals surface area (Å²) in [6.07, 6.45) is 3.75. The lowest BCUT2D eigenvalue weighted by Gasteiger charge is -2.24. The monoisotopic (exact) mass is 470 g/mol. The lowest BCUT2D eigenvalue weighted by atomic mass is 9.96. The first kappa shape index (κ1) is 22.2. The van der Waals surface area contributed by atoms with Crippen LogP contribution in [0.2, 0.25) is 5.02 Å². The molecule has 4 rings (SSSR count).